The van der Waals surface area contributed by atoms with Crippen LogP contribution in [0.4, 0.5) is 0 Å². The van der Waals surface area contributed by atoms with E-state index in [1.54, 1.807) is 12.1 Å². The largest absolute Gasteiger partial charge is 0.494 e. The van der Waals surface area contributed by atoms with Crippen LogP contribution in [0.25, 0.3) is 0 Å². The number of benzene rings is 1. The maximum Gasteiger partial charge on any atom is 0.162 e. The second-order valence-electron chi connectivity index (χ2n) is 8.73. The molecule has 0 saturated carbocycles. The first-order chi connectivity index (χ1) is 15.4. The van der Waals surface area contributed by atoms with E-state index in [0.717, 1.165) is 34.4 Å². The fourth-order valence-corrected chi connectivity index (χ4v) is 1.89. The maximum atomic E-state index is 11.3. The van der Waals surface area contributed by atoms with Crippen LogP contribution in [0.1, 0.15) is 99.4 Å². The van der Waals surface area contributed by atoms with Crippen LogP contribution in [-0.2, 0) is 0 Å². The average molecular weight is 458 g/mol. The van der Waals surface area contributed by atoms with Gasteiger partial charge in [0.25, 0.3) is 0 Å². The number of hydrogen-bond acceptors (Lipinski definition) is 3. The lowest BCUT2D eigenvalue weighted by Gasteiger charge is -2.10. The molecular weight excluding hydrogens is 406 g/mol. The van der Waals surface area contributed by atoms with Crippen LogP contribution in [0.2, 0.25) is 0 Å². The molecule has 1 rings (SSSR count). The molecule has 1 atom stereocenters. The quantitative estimate of drug-likeness (QED) is 0.169. The zero-order chi connectivity index (χ0) is 26.4. The van der Waals surface area contributed by atoms with Crippen molar-refractivity contribution >= 4 is 11.5 Å². The predicted octanol–water partition coefficient (Wildman–Crippen LogP) is 9.51. The molecule has 0 amide bonds. The molecule has 0 fully saturated rings. The van der Waals surface area contributed by atoms with Crippen molar-refractivity contribution in [2.75, 3.05) is 6.61 Å². The van der Waals surface area contributed by atoms with E-state index in [9.17, 15) is 4.79 Å². The van der Waals surface area contributed by atoms with E-state index in [-0.39, 0.29) is 5.78 Å². The second-order valence-corrected chi connectivity index (χ2v) is 8.73. The molecule has 0 unspecified atom stereocenters. The van der Waals surface area contributed by atoms with Gasteiger partial charge in [0, 0.05) is 23.9 Å². The monoisotopic (exact) mass is 457 g/mol. The summed E-state index contributed by atoms with van der Waals surface area (Å²) in [5.74, 6) is 2.69. The molecule has 1 aromatic carbocycles. The third-order valence-corrected chi connectivity index (χ3v) is 4.42. The molecule has 33 heavy (non-hydrogen) atoms. The first-order valence-electron chi connectivity index (χ1n) is 12.0. The number of ether oxygens (including phenoxy) is 1. The zero-order valence-corrected chi connectivity index (χ0v) is 23.4. The zero-order valence-electron chi connectivity index (χ0n) is 23.4. The molecule has 188 valence electrons. The molecule has 0 aliphatic carbocycles. The first-order valence-corrected chi connectivity index (χ1v) is 12.0. The molecule has 1 aromatic rings. The lowest BCUT2D eigenvalue weighted by Crippen LogP contribution is -2.00. The minimum atomic E-state index is 0.154. The molecule has 3 nitrogen and oxygen atoms in total. The Morgan fingerprint density at radius 1 is 1.06 bits per heavy atom. The van der Waals surface area contributed by atoms with Gasteiger partial charge in [-0.3, -0.25) is 9.79 Å². The minimum absolute atomic E-state index is 0.154. The normalized spacial score (nSPS) is 10.7. The Kier molecular flexibility index (Phi) is 24.3. The molecule has 0 N–H and O–H groups in total. The van der Waals surface area contributed by atoms with Gasteiger partial charge in [-0.05, 0) is 71.1 Å². The highest BCUT2D eigenvalue weighted by molar-refractivity contribution is 5.96. The van der Waals surface area contributed by atoms with Gasteiger partial charge in [0.05, 0.1) is 6.61 Å². The summed E-state index contributed by atoms with van der Waals surface area (Å²) in [6.07, 6.45) is 5.45. The summed E-state index contributed by atoms with van der Waals surface area (Å²) >= 11 is 0. The first kappa shape index (κ1) is 35.2. The summed E-state index contributed by atoms with van der Waals surface area (Å²) in [4.78, 5) is 15.4. The van der Waals surface area contributed by atoms with E-state index in [1.807, 2.05) is 72.9 Å². The van der Waals surface area contributed by atoms with Crippen molar-refractivity contribution in [2.45, 2.75) is 89.0 Å². The predicted molar refractivity (Wildman–Crippen MR) is 150 cm³/mol. The minimum Gasteiger partial charge on any atom is -0.494 e. The Hall–Kier alpha value is -2.42. The number of Topliss-reactive ketones (excluding diaryl/α,β-unsaturated/α-hetero) is 1. The summed E-state index contributed by atoms with van der Waals surface area (Å²) in [5.41, 5.74) is 4.06. The van der Waals surface area contributed by atoms with Gasteiger partial charge < -0.3 is 4.74 Å². The third-order valence-electron chi connectivity index (χ3n) is 4.42. The van der Waals surface area contributed by atoms with Gasteiger partial charge in [0.2, 0.25) is 0 Å². The van der Waals surface area contributed by atoms with Gasteiger partial charge in [-0.2, -0.15) is 0 Å². The van der Waals surface area contributed by atoms with Gasteiger partial charge in [0.15, 0.2) is 5.78 Å². The summed E-state index contributed by atoms with van der Waals surface area (Å²) in [5, 5.41) is 0. The standard InChI is InChI=1S/C11H14O2.C8H13N.C7H16.C4H8/c1-3-11(12)9-6-5-7-10(8-9)13-4-2;1-5-8(4)6-9-7(2)3;1-5-7(4)6(2)3;1-4(2)3/h5-8H,3-4H2,1-2H3;5-6H,1H2,2-4H3;6-7H,5H2,1-4H3;1H2,2-3H3/b;8-6-;;/t;;7-;/m..1./s1. The number of carbonyl (C=O) groups is 1. The molecule has 0 aliphatic rings. The lowest BCUT2D eigenvalue weighted by molar-refractivity contribution is 0.0987. The molecule has 0 heterocycles. The van der Waals surface area contributed by atoms with Crippen LogP contribution in [0.3, 0.4) is 0 Å². The number of carbonyl (C=O) groups excluding carboxylic acids is 1. The van der Waals surface area contributed by atoms with Crippen molar-refractivity contribution in [2.24, 2.45) is 16.8 Å². The molecule has 0 radical (unpaired) electrons. The van der Waals surface area contributed by atoms with Crippen LogP contribution in [0.15, 0.2) is 65.8 Å². The van der Waals surface area contributed by atoms with E-state index in [2.05, 4.69) is 45.8 Å². The molecule has 0 spiro atoms. The summed E-state index contributed by atoms with van der Waals surface area (Å²) < 4.78 is 5.29. The molecular formula is C30H51NO2. The van der Waals surface area contributed by atoms with Crippen molar-refractivity contribution in [1.29, 1.82) is 0 Å². The van der Waals surface area contributed by atoms with Gasteiger partial charge in [0.1, 0.15) is 5.75 Å². The molecule has 0 aliphatic heterocycles. The van der Waals surface area contributed by atoms with Gasteiger partial charge in [-0.25, -0.2) is 0 Å². The molecule has 0 aromatic heterocycles. The number of ketones is 1. The summed E-state index contributed by atoms with van der Waals surface area (Å²) in [6, 6.07) is 7.30. The number of allylic oxidation sites excluding steroid dienone is 3. The summed E-state index contributed by atoms with van der Waals surface area (Å²) in [6.45, 7) is 30.5. The van der Waals surface area contributed by atoms with Crippen LogP contribution < -0.4 is 4.74 Å². The molecule has 3 heteroatoms. The highest BCUT2D eigenvalue weighted by atomic mass is 16.5. The Bertz CT molecular complexity index is 719. The second kappa shape index (κ2) is 22.8. The van der Waals surface area contributed by atoms with E-state index < -0.39 is 0 Å². The van der Waals surface area contributed by atoms with Crippen LogP contribution in [0.5, 0.6) is 5.75 Å². The Morgan fingerprint density at radius 3 is 1.94 bits per heavy atom. The van der Waals surface area contributed by atoms with Crippen molar-refractivity contribution < 1.29 is 9.53 Å². The Morgan fingerprint density at radius 2 is 1.61 bits per heavy atom. The Balaban J connectivity index is -0.000000395. The van der Waals surface area contributed by atoms with Gasteiger partial charge in [-0.1, -0.05) is 71.4 Å². The number of aliphatic imine (C=N–C) groups is 1. The highest BCUT2D eigenvalue weighted by Crippen LogP contribution is 2.14. The van der Waals surface area contributed by atoms with E-state index in [1.165, 1.54) is 12.0 Å². The third kappa shape index (κ3) is 25.7. The average Bonchev–Trinajstić information content (AvgIpc) is 2.77. The summed E-state index contributed by atoms with van der Waals surface area (Å²) in [7, 11) is 0. The topological polar surface area (TPSA) is 38.7 Å². The number of nitrogens with zero attached hydrogens (tertiary/aromatic N) is 1. The van der Waals surface area contributed by atoms with E-state index in [4.69, 9.17) is 4.74 Å². The van der Waals surface area contributed by atoms with Gasteiger partial charge in [-0.15, -0.1) is 6.58 Å². The van der Waals surface area contributed by atoms with E-state index >= 15 is 0 Å². The SMILES string of the molecule is C=C(C)C.C=C/C(C)=C\N=C(C)C.CCOc1cccc(C(=O)CC)c1.CC[C@@H](C)C(C)C. The molecule has 0 saturated heterocycles. The maximum absolute atomic E-state index is 11.3. The molecule has 0 bridgehead atoms. The van der Waals surface area contributed by atoms with E-state index in [0.29, 0.717) is 13.0 Å². The lowest BCUT2D eigenvalue weighted by atomic mass is 9.96. The van der Waals surface area contributed by atoms with Gasteiger partial charge >= 0.3 is 0 Å². The highest BCUT2D eigenvalue weighted by Gasteiger charge is 2.03. The fourth-order valence-electron chi connectivity index (χ4n) is 1.89. The smallest absolute Gasteiger partial charge is 0.162 e. The van der Waals surface area contributed by atoms with Crippen LogP contribution in [-0.4, -0.2) is 18.1 Å². The number of hydrogen-bond donors (Lipinski definition) is 0. The van der Waals surface area contributed by atoms with Crippen LogP contribution in [0, 0.1) is 11.8 Å². The van der Waals surface area contributed by atoms with Crippen molar-refractivity contribution in [1.82, 2.24) is 0 Å². The van der Waals surface area contributed by atoms with Crippen molar-refractivity contribution in [3.8, 4) is 5.75 Å². The Labute approximate surface area is 205 Å². The fraction of sp³-hybridized carbons (Fsp3) is 0.533. The van der Waals surface area contributed by atoms with Crippen molar-refractivity contribution in [3.63, 3.8) is 0 Å². The van der Waals surface area contributed by atoms with Crippen LogP contribution >= 0.6 is 0 Å². The van der Waals surface area contributed by atoms with Crippen molar-refractivity contribution in [3.05, 3.63) is 66.4 Å². The number of rotatable bonds is 8.